The Hall–Kier alpha value is -3.93. The van der Waals surface area contributed by atoms with Gasteiger partial charge in [-0.3, -0.25) is 14.3 Å². The fourth-order valence-electron chi connectivity index (χ4n) is 4.43. The number of amides is 2. The third-order valence-corrected chi connectivity index (χ3v) is 6.73. The van der Waals surface area contributed by atoms with Crippen LogP contribution in [0.15, 0.2) is 54.2 Å². The molecule has 2 amide bonds. The minimum absolute atomic E-state index is 0.227. The van der Waals surface area contributed by atoms with Gasteiger partial charge in [0.05, 0.1) is 13.4 Å². The van der Waals surface area contributed by atoms with Crippen molar-refractivity contribution in [3.8, 4) is 11.5 Å². The maximum absolute atomic E-state index is 13.3. The van der Waals surface area contributed by atoms with Crippen LogP contribution >= 0.6 is 11.6 Å². The number of piperazine rings is 1. The maximum atomic E-state index is 13.3. The van der Waals surface area contributed by atoms with Crippen molar-refractivity contribution in [2.24, 2.45) is 4.99 Å². The highest BCUT2D eigenvalue weighted by atomic mass is 35.5. The van der Waals surface area contributed by atoms with Crippen LogP contribution in [-0.2, 0) is 21.2 Å². The molecule has 1 saturated heterocycles. The Morgan fingerprint density at radius 3 is 2.89 bits per heavy atom. The molecule has 2 atom stereocenters. The Morgan fingerprint density at radius 2 is 2.11 bits per heavy atom. The first-order chi connectivity index (χ1) is 18.0. The number of carbonyl (C=O) groups excluding carboxylic acids is 2. The van der Waals surface area contributed by atoms with Gasteiger partial charge in [-0.15, -0.1) is 0 Å². The standard InChI is InChI=1S/C24H28ClN7O5/c1-35-23(34)32-11-10-30(21-5-7-28-24(25,29-21)31-9-8-26-16-31)15-18(32)22(33)27-6-4-17-2-3-19-20(14-17)37-13-12-36-19/h2-3,5,7-9,14,16,18,28H,4,6,10-13,15H2,1H3,(H,27,33). The van der Waals surface area contributed by atoms with Gasteiger partial charge in [0, 0.05) is 44.8 Å². The summed E-state index contributed by atoms with van der Waals surface area (Å²) in [6.07, 6.45) is 8.39. The monoisotopic (exact) mass is 529 g/mol. The van der Waals surface area contributed by atoms with Gasteiger partial charge in [-0.1, -0.05) is 6.07 Å². The smallest absolute Gasteiger partial charge is 0.410 e. The van der Waals surface area contributed by atoms with Crippen LogP contribution in [0.5, 0.6) is 11.5 Å². The molecular weight excluding hydrogens is 502 g/mol. The number of nitrogens with zero attached hydrogens (tertiary/aromatic N) is 5. The molecule has 37 heavy (non-hydrogen) atoms. The summed E-state index contributed by atoms with van der Waals surface area (Å²) in [5.41, 5.74) is 1.01. The van der Waals surface area contributed by atoms with E-state index in [9.17, 15) is 9.59 Å². The van der Waals surface area contributed by atoms with E-state index in [4.69, 9.17) is 25.8 Å². The average Bonchev–Trinajstić information content (AvgIpc) is 3.48. The van der Waals surface area contributed by atoms with Crippen molar-refractivity contribution in [3.63, 3.8) is 0 Å². The SMILES string of the molecule is COC(=O)N1CCN(C2=NC(Cl)(n3ccnc3)NC=C2)CC1C(=O)NCCc1ccc2c(c1)OCCO2. The number of methoxy groups -OCH3 is 1. The lowest BCUT2D eigenvalue weighted by molar-refractivity contribution is -0.127. The number of alkyl halides is 1. The van der Waals surface area contributed by atoms with E-state index in [0.29, 0.717) is 44.3 Å². The number of amidine groups is 1. The number of hydrogen-bond acceptors (Lipinski definition) is 9. The van der Waals surface area contributed by atoms with Gasteiger partial charge in [0.1, 0.15) is 25.1 Å². The number of fused-ring (bicyclic) bond motifs is 1. The molecule has 1 aromatic heterocycles. The largest absolute Gasteiger partial charge is 0.486 e. The first-order valence-electron chi connectivity index (χ1n) is 11.9. The molecule has 12 nitrogen and oxygen atoms in total. The molecule has 1 aromatic carbocycles. The summed E-state index contributed by atoms with van der Waals surface area (Å²) in [5, 5.41) is 4.69. The number of nitrogens with one attached hydrogen (secondary N) is 2. The second-order valence-electron chi connectivity index (χ2n) is 8.65. The van der Waals surface area contributed by atoms with Crippen molar-refractivity contribution in [1.29, 1.82) is 0 Å². The summed E-state index contributed by atoms with van der Waals surface area (Å²) >= 11 is 6.69. The van der Waals surface area contributed by atoms with Gasteiger partial charge in [-0.2, -0.15) is 0 Å². The van der Waals surface area contributed by atoms with Crippen LogP contribution in [-0.4, -0.2) is 89.7 Å². The molecule has 196 valence electrons. The predicted octanol–water partition coefficient (Wildman–Crippen LogP) is 1.09. The Bertz CT molecular complexity index is 1200. The summed E-state index contributed by atoms with van der Waals surface area (Å²) < 4.78 is 17.8. The zero-order valence-corrected chi connectivity index (χ0v) is 21.1. The van der Waals surface area contributed by atoms with Gasteiger partial charge in [0.2, 0.25) is 5.91 Å². The van der Waals surface area contributed by atoms with E-state index in [0.717, 1.165) is 11.3 Å². The van der Waals surface area contributed by atoms with Crippen LogP contribution in [0.1, 0.15) is 5.56 Å². The van der Waals surface area contributed by atoms with Gasteiger partial charge in [-0.05, 0) is 41.8 Å². The molecule has 2 unspecified atom stereocenters. The minimum atomic E-state index is -1.28. The van der Waals surface area contributed by atoms with Gasteiger partial charge >= 0.3 is 6.09 Å². The number of rotatable bonds is 5. The van der Waals surface area contributed by atoms with E-state index < -0.39 is 17.4 Å². The summed E-state index contributed by atoms with van der Waals surface area (Å²) in [6, 6.07) is 4.97. The summed E-state index contributed by atoms with van der Waals surface area (Å²) in [7, 11) is 1.30. The highest BCUT2D eigenvalue weighted by Gasteiger charge is 2.38. The van der Waals surface area contributed by atoms with Gasteiger partial charge in [0.25, 0.3) is 5.25 Å². The van der Waals surface area contributed by atoms with Crippen molar-refractivity contribution < 1.29 is 23.8 Å². The molecule has 13 heteroatoms. The third-order valence-electron chi connectivity index (χ3n) is 6.34. The lowest BCUT2D eigenvalue weighted by Gasteiger charge is -2.41. The quantitative estimate of drug-likeness (QED) is 0.436. The average molecular weight is 530 g/mol. The van der Waals surface area contributed by atoms with Crippen molar-refractivity contribution in [1.82, 2.24) is 30.0 Å². The number of hydrogen-bond donors (Lipinski definition) is 2. The van der Waals surface area contributed by atoms with E-state index in [1.807, 2.05) is 23.1 Å². The Balaban J connectivity index is 1.26. The van der Waals surface area contributed by atoms with Gasteiger partial charge < -0.3 is 29.7 Å². The molecule has 0 radical (unpaired) electrons. The first-order valence-corrected chi connectivity index (χ1v) is 12.3. The second-order valence-corrected chi connectivity index (χ2v) is 9.18. The van der Waals surface area contributed by atoms with Crippen molar-refractivity contribution >= 4 is 29.4 Å². The highest BCUT2D eigenvalue weighted by molar-refractivity contribution is 6.22. The van der Waals surface area contributed by atoms with E-state index >= 15 is 0 Å². The van der Waals surface area contributed by atoms with E-state index in [1.54, 1.807) is 35.6 Å². The molecule has 0 spiro atoms. The van der Waals surface area contributed by atoms with E-state index in [1.165, 1.54) is 12.0 Å². The molecule has 0 saturated carbocycles. The lowest BCUT2D eigenvalue weighted by atomic mass is 10.1. The van der Waals surface area contributed by atoms with Crippen LogP contribution in [0.3, 0.4) is 0 Å². The summed E-state index contributed by atoms with van der Waals surface area (Å²) in [5.74, 6) is 1.73. The molecule has 3 aliphatic heterocycles. The van der Waals surface area contributed by atoms with E-state index in [2.05, 4.69) is 20.6 Å². The highest BCUT2D eigenvalue weighted by Crippen LogP contribution is 2.31. The van der Waals surface area contributed by atoms with Crippen molar-refractivity contribution in [2.45, 2.75) is 17.7 Å². The number of aliphatic imine (C=N–C) groups is 1. The summed E-state index contributed by atoms with van der Waals surface area (Å²) in [4.78, 5) is 37.7. The fourth-order valence-corrected chi connectivity index (χ4v) is 4.68. The zero-order chi connectivity index (χ0) is 25.8. The summed E-state index contributed by atoms with van der Waals surface area (Å²) in [6.45, 7) is 2.40. The first kappa shape index (κ1) is 24.8. The normalized spacial score (nSPS) is 22.6. The molecule has 4 heterocycles. The lowest BCUT2D eigenvalue weighted by Crippen LogP contribution is -2.62. The Kier molecular flexibility index (Phi) is 7.08. The maximum Gasteiger partial charge on any atom is 0.410 e. The second kappa shape index (κ2) is 10.6. The van der Waals surface area contributed by atoms with Crippen molar-refractivity contribution in [3.05, 3.63) is 54.8 Å². The number of imidazole rings is 1. The molecule has 2 N–H and O–H groups in total. The Labute approximate surface area is 218 Å². The molecule has 5 rings (SSSR count). The molecule has 0 bridgehead atoms. The molecular formula is C24H28ClN7O5. The molecule has 2 aromatic rings. The van der Waals surface area contributed by atoms with Crippen LogP contribution in [0.4, 0.5) is 4.79 Å². The molecule has 1 fully saturated rings. The number of benzene rings is 1. The third kappa shape index (κ3) is 5.29. The number of aromatic nitrogens is 2. The van der Waals surface area contributed by atoms with Crippen LogP contribution in [0.25, 0.3) is 0 Å². The Morgan fingerprint density at radius 1 is 1.27 bits per heavy atom. The number of halogens is 1. The molecule has 0 aliphatic carbocycles. The van der Waals surface area contributed by atoms with Crippen LogP contribution in [0, 0.1) is 0 Å². The fraction of sp³-hybridized carbons (Fsp3) is 0.417. The minimum Gasteiger partial charge on any atom is -0.486 e. The van der Waals surface area contributed by atoms with E-state index in [-0.39, 0.29) is 19.0 Å². The predicted molar refractivity (Wildman–Crippen MR) is 134 cm³/mol. The van der Waals surface area contributed by atoms with Gasteiger partial charge in [0.15, 0.2) is 11.5 Å². The van der Waals surface area contributed by atoms with Crippen molar-refractivity contribution in [2.75, 3.05) is 46.5 Å². The van der Waals surface area contributed by atoms with Crippen LogP contribution in [0.2, 0.25) is 0 Å². The topological polar surface area (TPSA) is 123 Å². The van der Waals surface area contributed by atoms with Gasteiger partial charge in [-0.25, -0.2) is 14.8 Å². The number of ether oxygens (including phenoxy) is 3. The van der Waals surface area contributed by atoms with Crippen LogP contribution < -0.4 is 20.1 Å². The zero-order valence-electron chi connectivity index (χ0n) is 20.3. The number of carbonyl (C=O) groups is 2. The molecule has 3 aliphatic rings.